The van der Waals surface area contributed by atoms with Gasteiger partial charge in [0.15, 0.2) is 5.96 Å². The maximum Gasteiger partial charge on any atom is 0.191 e. The Kier molecular flexibility index (Phi) is 9.11. The van der Waals surface area contributed by atoms with Crippen molar-refractivity contribution in [3.8, 4) is 0 Å². The quantitative estimate of drug-likeness (QED) is 0.399. The average Bonchev–Trinajstić information content (AvgIpc) is 2.32. The summed E-state index contributed by atoms with van der Waals surface area (Å²) in [6.45, 7) is 14.8. The van der Waals surface area contributed by atoms with Crippen molar-refractivity contribution in [3.05, 3.63) is 0 Å². The predicted octanol–water partition coefficient (Wildman–Crippen LogP) is 2.26. The summed E-state index contributed by atoms with van der Waals surface area (Å²) in [7, 11) is 1.76. The molecule has 1 rings (SSSR count). The topological polar surface area (TPSA) is 54.9 Å². The van der Waals surface area contributed by atoms with Crippen molar-refractivity contribution in [1.82, 2.24) is 10.6 Å². The Morgan fingerprint density at radius 1 is 1.33 bits per heavy atom. The van der Waals surface area contributed by atoms with Crippen LogP contribution in [0.4, 0.5) is 0 Å². The highest BCUT2D eigenvalue weighted by Gasteiger charge is 2.33. The van der Waals surface area contributed by atoms with E-state index in [0.29, 0.717) is 0 Å². The number of nitrogens with one attached hydrogen (secondary N) is 2. The number of guanidine groups is 1. The summed E-state index contributed by atoms with van der Waals surface area (Å²) in [4.78, 5) is 4.65. The third-order valence-corrected chi connectivity index (χ3v) is 3.57. The minimum atomic E-state index is 0. The molecule has 0 spiro atoms. The molecule has 1 aliphatic rings. The molecule has 1 heterocycles. The maximum absolute atomic E-state index is 5.56. The molecule has 21 heavy (non-hydrogen) atoms. The van der Waals surface area contributed by atoms with Crippen LogP contribution in [0.2, 0.25) is 0 Å². The fourth-order valence-electron chi connectivity index (χ4n) is 2.09. The lowest BCUT2D eigenvalue weighted by Gasteiger charge is -2.36. The van der Waals surface area contributed by atoms with Gasteiger partial charge in [0.25, 0.3) is 0 Å². The second-order valence-corrected chi connectivity index (χ2v) is 6.97. The molecular formula is C15H32IN3O2. The van der Waals surface area contributed by atoms with Gasteiger partial charge in [-0.3, -0.25) is 4.99 Å². The van der Waals surface area contributed by atoms with Crippen LogP contribution in [-0.4, -0.2) is 52.0 Å². The van der Waals surface area contributed by atoms with Crippen molar-refractivity contribution in [1.29, 1.82) is 0 Å². The highest BCUT2D eigenvalue weighted by Crippen LogP contribution is 2.26. The Labute approximate surface area is 146 Å². The van der Waals surface area contributed by atoms with E-state index in [-0.39, 0.29) is 40.9 Å². The molecule has 1 atom stereocenters. The molecule has 1 aliphatic heterocycles. The lowest BCUT2D eigenvalue weighted by molar-refractivity contribution is -0.0945. The third kappa shape index (κ3) is 7.15. The lowest BCUT2D eigenvalue weighted by atomic mass is 9.89. The largest absolute Gasteiger partial charge is 0.380 e. The van der Waals surface area contributed by atoms with Gasteiger partial charge in [-0.2, -0.15) is 0 Å². The van der Waals surface area contributed by atoms with Crippen molar-refractivity contribution in [2.45, 2.75) is 40.7 Å². The molecule has 126 valence electrons. The van der Waals surface area contributed by atoms with Gasteiger partial charge in [0, 0.05) is 25.6 Å². The van der Waals surface area contributed by atoms with E-state index in [4.69, 9.17) is 9.47 Å². The van der Waals surface area contributed by atoms with E-state index >= 15 is 0 Å². The number of ether oxygens (including phenoxy) is 2. The van der Waals surface area contributed by atoms with Gasteiger partial charge in [0.05, 0.1) is 25.9 Å². The predicted molar refractivity (Wildman–Crippen MR) is 98.6 cm³/mol. The molecule has 0 aromatic rings. The Hall–Kier alpha value is -0.0800. The number of hydrogen-bond donors (Lipinski definition) is 2. The molecule has 0 aliphatic carbocycles. The van der Waals surface area contributed by atoms with E-state index in [1.54, 1.807) is 7.11 Å². The van der Waals surface area contributed by atoms with Crippen LogP contribution in [0.5, 0.6) is 0 Å². The third-order valence-electron chi connectivity index (χ3n) is 3.57. The van der Waals surface area contributed by atoms with Gasteiger partial charge >= 0.3 is 0 Å². The van der Waals surface area contributed by atoms with Crippen molar-refractivity contribution >= 4 is 29.9 Å². The number of hydrogen-bond acceptors (Lipinski definition) is 3. The monoisotopic (exact) mass is 413 g/mol. The van der Waals surface area contributed by atoms with Crippen molar-refractivity contribution in [3.63, 3.8) is 0 Å². The van der Waals surface area contributed by atoms with Gasteiger partial charge in [-0.15, -0.1) is 24.0 Å². The van der Waals surface area contributed by atoms with Crippen molar-refractivity contribution in [2.24, 2.45) is 15.8 Å². The van der Waals surface area contributed by atoms with Crippen LogP contribution in [0.15, 0.2) is 4.99 Å². The standard InChI is InChI=1S/C15H31N3O2.HI/c1-7-16-13(18-9-15(5)10-20-11-15)17-8-12(19-6)14(2,3)4;/h12H,7-11H2,1-6H3,(H2,16,17,18);1H. The lowest BCUT2D eigenvalue weighted by Crippen LogP contribution is -2.47. The second-order valence-electron chi connectivity index (χ2n) is 6.97. The molecule has 0 aromatic heterocycles. The summed E-state index contributed by atoms with van der Waals surface area (Å²) in [6, 6.07) is 0. The van der Waals surface area contributed by atoms with Crippen LogP contribution in [0.3, 0.4) is 0 Å². The Morgan fingerprint density at radius 2 is 1.95 bits per heavy atom. The molecule has 1 fully saturated rings. The fraction of sp³-hybridized carbons (Fsp3) is 0.933. The van der Waals surface area contributed by atoms with Gasteiger partial charge < -0.3 is 20.1 Å². The molecule has 6 heteroatoms. The highest BCUT2D eigenvalue weighted by atomic mass is 127. The molecule has 5 nitrogen and oxygen atoms in total. The molecule has 0 amide bonds. The van der Waals surface area contributed by atoms with Crippen LogP contribution in [0.25, 0.3) is 0 Å². The zero-order valence-electron chi connectivity index (χ0n) is 14.3. The van der Waals surface area contributed by atoms with E-state index in [1.165, 1.54) is 0 Å². The smallest absolute Gasteiger partial charge is 0.191 e. The zero-order chi connectivity index (χ0) is 15.2. The van der Waals surface area contributed by atoms with Crippen molar-refractivity contribution in [2.75, 3.05) is 40.0 Å². The first kappa shape index (κ1) is 20.9. The zero-order valence-corrected chi connectivity index (χ0v) is 16.6. The van der Waals surface area contributed by atoms with E-state index in [1.807, 2.05) is 0 Å². The molecule has 1 unspecified atom stereocenters. The van der Waals surface area contributed by atoms with Crippen LogP contribution in [-0.2, 0) is 9.47 Å². The van der Waals surface area contributed by atoms with Gasteiger partial charge in [-0.1, -0.05) is 27.7 Å². The first-order valence-electron chi connectivity index (χ1n) is 7.43. The summed E-state index contributed by atoms with van der Waals surface area (Å²) in [5, 5.41) is 6.65. The van der Waals surface area contributed by atoms with Gasteiger partial charge in [0.2, 0.25) is 0 Å². The number of rotatable bonds is 6. The molecule has 0 saturated carbocycles. The van der Waals surface area contributed by atoms with E-state index in [2.05, 4.69) is 50.2 Å². The summed E-state index contributed by atoms with van der Waals surface area (Å²) in [5.41, 5.74) is 0.305. The molecular weight excluding hydrogens is 381 g/mol. The fourth-order valence-corrected chi connectivity index (χ4v) is 2.09. The summed E-state index contributed by atoms with van der Waals surface area (Å²) >= 11 is 0. The Bertz CT molecular complexity index is 325. The highest BCUT2D eigenvalue weighted by molar-refractivity contribution is 14.0. The van der Waals surface area contributed by atoms with Gasteiger partial charge in [0.1, 0.15) is 0 Å². The number of aliphatic imine (C=N–C) groups is 1. The summed E-state index contributed by atoms with van der Waals surface area (Å²) in [5.74, 6) is 0.854. The van der Waals surface area contributed by atoms with Gasteiger partial charge in [-0.25, -0.2) is 0 Å². The average molecular weight is 413 g/mol. The number of methoxy groups -OCH3 is 1. The van der Waals surface area contributed by atoms with E-state index in [9.17, 15) is 0 Å². The molecule has 0 radical (unpaired) electrons. The van der Waals surface area contributed by atoms with Crippen LogP contribution in [0, 0.1) is 10.8 Å². The molecule has 1 saturated heterocycles. The minimum absolute atomic E-state index is 0. The van der Waals surface area contributed by atoms with Crippen LogP contribution >= 0.6 is 24.0 Å². The number of nitrogens with zero attached hydrogens (tertiary/aromatic N) is 1. The Balaban J connectivity index is 0.00000400. The van der Waals surface area contributed by atoms with Crippen LogP contribution in [0.1, 0.15) is 34.6 Å². The van der Waals surface area contributed by atoms with E-state index in [0.717, 1.165) is 38.8 Å². The summed E-state index contributed by atoms with van der Waals surface area (Å²) < 4.78 is 10.8. The normalized spacial score (nSPS) is 19.2. The SMILES string of the molecule is CCNC(=NCC1(C)COC1)NCC(OC)C(C)(C)C.I. The first-order chi connectivity index (χ1) is 9.30. The van der Waals surface area contributed by atoms with Crippen LogP contribution < -0.4 is 10.6 Å². The summed E-state index contributed by atoms with van der Waals surface area (Å²) in [6.07, 6.45) is 0.147. The van der Waals surface area contributed by atoms with E-state index < -0.39 is 0 Å². The second kappa shape index (κ2) is 9.15. The Morgan fingerprint density at radius 3 is 2.33 bits per heavy atom. The first-order valence-corrected chi connectivity index (χ1v) is 7.43. The molecule has 0 bridgehead atoms. The van der Waals surface area contributed by atoms with Gasteiger partial charge in [-0.05, 0) is 12.3 Å². The number of halogens is 1. The molecule has 2 N–H and O–H groups in total. The van der Waals surface area contributed by atoms with Crippen molar-refractivity contribution < 1.29 is 9.47 Å². The maximum atomic E-state index is 5.56. The molecule has 0 aromatic carbocycles. The minimum Gasteiger partial charge on any atom is -0.380 e.